The molecule has 0 bridgehead atoms. The van der Waals surface area contributed by atoms with Crippen LogP contribution in [0.15, 0.2) is 12.1 Å². The standard InChI is InChI=1S/C14H12N4/c1-4-10-11(5-2)18-14-7-12(16-3)9(8-15)6-13(14)17-10/h6-7H,4-5H2,1-2H3. The second-order valence-corrected chi connectivity index (χ2v) is 3.91. The van der Waals surface area contributed by atoms with Crippen LogP contribution in [0.2, 0.25) is 0 Å². The fourth-order valence-corrected chi connectivity index (χ4v) is 1.91. The van der Waals surface area contributed by atoms with Gasteiger partial charge in [0.25, 0.3) is 0 Å². The Bertz CT molecular complexity index is 629. The summed E-state index contributed by atoms with van der Waals surface area (Å²) in [5.74, 6) is 0. The van der Waals surface area contributed by atoms with Crippen LogP contribution in [0.3, 0.4) is 0 Å². The predicted molar refractivity (Wildman–Crippen MR) is 69.3 cm³/mol. The summed E-state index contributed by atoms with van der Waals surface area (Å²) in [4.78, 5) is 12.4. The van der Waals surface area contributed by atoms with Crippen LogP contribution in [0.25, 0.3) is 15.9 Å². The molecule has 18 heavy (non-hydrogen) atoms. The van der Waals surface area contributed by atoms with E-state index in [4.69, 9.17) is 11.8 Å². The molecule has 0 amide bonds. The summed E-state index contributed by atoms with van der Waals surface area (Å²) in [6.07, 6.45) is 1.64. The van der Waals surface area contributed by atoms with Crippen LogP contribution in [0.5, 0.6) is 0 Å². The Hall–Kier alpha value is -2.46. The molecule has 0 aliphatic carbocycles. The maximum absolute atomic E-state index is 8.99. The van der Waals surface area contributed by atoms with E-state index in [1.807, 2.05) is 19.9 Å². The number of fused-ring (bicyclic) bond motifs is 1. The van der Waals surface area contributed by atoms with Gasteiger partial charge in [0.05, 0.1) is 40.6 Å². The van der Waals surface area contributed by atoms with E-state index in [0.29, 0.717) is 22.3 Å². The molecule has 2 aromatic rings. The zero-order chi connectivity index (χ0) is 13.1. The van der Waals surface area contributed by atoms with Crippen molar-refractivity contribution in [2.75, 3.05) is 0 Å². The largest absolute Gasteiger partial charge is 0.251 e. The molecular formula is C14H12N4. The van der Waals surface area contributed by atoms with Gasteiger partial charge in [0.15, 0.2) is 0 Å². The minimum absolute atomic E-state index is 0.339. The van der Waals surface area contributed by atoms with E-state index in [2.05, 4.69) is 14.8 Å². The second-order valence-electron chi connectivity index (χ2n) is 3.91. The predicted octanol–water partition coefficient (Wildman–Crippen LogP) is 3.18. The van der Waals surface area contributed by atoms with Crippen LogP contribution in [0.4, 0.5) is 5.69 Å². The van der Waals surface area contributed by atoms with Gasteiger partial charge in [0.1, 0.15) is 0 Å². The summed E-state index contributed by atoms with van der Waals surface area (Å²) in [6.45, 7) is 11.1. The van der Waals surface area contributed by atoms with Gasteiger partial charge >= 0.3 is 0 Å². The van der Waals surface area contributed by atoms with E-state index >= 15 is 0 Å². The van der Waals surface area contributed by atoms with Crippen molar-refractivity contribution in [2.45, 2.75) is 26.7 Å². The molecule has 0 aliphatic rings. The van der Waals surface area contributed by atoms with Crippen molar-refractivity contribution in [1.29, 1.82) is 5.26 Å². The van der Waals surface area contributed by atoms with Gasteiger partial charge in [-0.05, 0) is 25.0 Å². The molecule has 0 aliphatic heterocycles. The van der Waals surface area contributed by atoms with Gasteiger partial charge in [-0.3, -0.25) is 4.98 Å². The number of aryl methyl sites for hydroxylation is 2. The molecule has 2 rings (SSSR count). The van der Waals surface area contributed by atoms with Crippen molar-refractivity contribution in [3.8, 4) is 6.07 Å². The average Bonchev–Trinajstić information content (AvgIpc) is 2.43. The zero-order valence-electron chi connectivity index (χ0n) is 10.4. The summed E-state index contributed by atoms with van der Waals surface area (Å²) < 4.78 is 0. The SMILES string of the molecule is [C-]#[N+]c1cc2nc(CC)c(CC)nc2cc1C#N. The first-order valence-electron chi connectivity index (χ1n) is 5.84. The lowest BCUT2D eigenvalue weighted by molar-refractivity contribution is 0.930. The van der Waals surface area contributed by atoms with Gasteiger partial charge in [-0.25, -0.2) is 9.83 Å². The Labute approximate surface area is 106 Å². The smallest absolute Gasteiger partial charge is 0.206 e. The third-order valence-electron chi connectivity index (χ3n) is 2.85. The van der Waals surface area contributed by atoms with E-state index < -0.39 is 0 Å². The third kappa shape index (κ3) is 1.89. The summed E-state index contributed by atoms with van der Waals surface area (Å²) in [5, 5.41) is 8.99. The van der Waals surface area contributed by atoms with Crippen molar-refractivity contribution >= 4 is 16.7 Å². The van der Waals surface area contributed by atoms with Crippen LogP contribution in [0, 0.1) is 17.9 Å². The van der Waals surface area contributed by atoms with Gasteiger partial charge in [-0.15, -0.1) is 0 Å². The lowest BCUT2D eigenvalue weighted by Crippen LogP contribution is -2.00. The van der Waals surface area contributed by atoms with E-state index in [9.17, 15) is 0 Å². The first kappa shape index (κ1) is 12.0. The molecule has 1 aromatic heterocycles. The van der Waals surface area contributed by atoms with E-state index in [0.717, 1.165) is 24.2 Å². The Kier molecular flexibility index (Phi) is 3.21. The van der Waals surface area contributed by atoms with Crippen LogP contribution in [0.1, 0.15) is 30.8 Å². The molecule has 0 N–H and O–H groups in total. The van der Waals surface area contributed by atoms with E-state index in [-0.39, 0.29) is 0 Å². The Morgan fingerprint density at radius 3 is 2.17 bits per heavy atom. The topological polar surface area (TPSA) is 53.9 Å². The monoisotopic (exact) mass is 236 g/mol. The van der Waals surface area contributed by atoms with Crippen molar-refractivity contribution in [1.82, 2.24) is 9.97 Å². The molecule has 88 valence electrons. The second kappa shape index (κ2) is 4.81. The van der Waals surface area contributed by atoms with Gasteiger partial charge < -0.3 is 0 Å². The number of nitriles is 1. The van der Waals surface area contributed by atoms with Crippen LogP contribution in [-0.4, -0.2) is 9.97 Å². The first-order valence-corrected chi connectivity index (χ1v) is 5.84. The molecule has 1 heterocycles. The zero-order valence-corrected chi connectivity index (χ0v) is 10.4. The van der Waals surface area contributed by atoms with Crippen LogP contribution < -0.4 is 0 Å². The maximum Gasteiger partial charge on any atom is 0.206 e. The highest BCUT2D eigenvalue weighted by Crippen LogP contribution is 2.25. The average molecular weight is 236 g/mol. The van der Waals surface area contributed by atoms with Crippen LogP contribution >= 0.6 is 0 Å². The summed E-state index contributed by atoms with van der Waals surface area (Å²) in [7, 11) is 0. The number of benzene rings is 1. The Balaban J connectivity index is 2.79. The quantitative estimate of drug-likeness (QED) is 0.752. The number of hydrogen-bond donors (Lipinski definition) is 0. The normalized spacial score (nSPS) is 10.0. The minimum atomic E-state index is 0.339. The molecular weight excluding hydrogens is 224 g/mol. The highest BCUT2D eigenvalue weighted by molar-refractivity contribution is 5.83. The van der Waals surface area contributed by atoms with Gasteiger partial charge in [-0.2, -0.15) is 5.26 Å². The molecule has 0 saturated carbocycles. The van der Waals surface area contributed by atoms with Gasteiger partial charge in [0.2, 0.25) is 5.69 Å². The fraction of sp³-hybridized carbons (Fsp3) is 0.286. The first-order chi connectivity index (χ1) is 8.73. The molecule has 0 atom stereocenters. The third-order valence-corrected chi connectivity index (χ3v) is 2.85. The summed E-state index contributed by atoms with van der Waals surface area (Å²) >= 11 is 0. The van der Waals surface area contributed by atoms with Crippen LogP contribution in [-0.2, 0) is 12.8 Å². The van der Waals surface area contributed by atoms with Crippen molar-refractivity contribution < 1.29 is 0 Å². The van der Waals surface area contributed by atoms with E-state index in [1.165, 1.54) is 0 Å². The molecule has 0 unspecified atom stereocenters. The number of nitrogens with zero attached hydrogens (tertiary/aromatic N) is 4. The van der Waals surface area contributed by atoms with Gasteiger partial charge in [-0.1, -0.05) is 13.8 Å². The Morgan fingerprint density at radius 2 is 1.72 bits per heavy atom. The van der Waals surface area contributed by atoms with Crippen molar-refractivity contribution in [3.05, 3.63) is 40.5 Å². The minimum Gasteiger partial charge on any atom is -0.251 e. The lowest BCUT2D eigenvalue weighted by atomic mass is 10.1. The molecule has 4 nitrogen and oxygen atoms in total. The Morgan fingerprint density at radius 1 is 1.17 bits per heavy atom. The number of rotatable bonds is 2. The molecule has 1 aromatic carbocycles. The van der Waals surface area contributed by atoms with Crippen molar-refractivity contribution in [2.24, 2.45) is 0 Å². The highest BCUT2D eigenvalue weighted by atomic mass is 14.8. The lowest BCUT2D eigenvalue weighted by Gasteiger charge is -2.07. The van der Waals surface area contributed by atoms with E-state index in [1.54, 1.807) is 12.1 Å². The summed E-state index contributed by atoms with van der Waals surface area (Å²) in [5.41, 5.74) is 4.00. The molecule has 0 saturated heterocycles. The highest BCUT2D eigenvalue weighted by Gasteiger charge is 2.10. The molecule has 4 heteroatoms. The number of hydrogen-bond acceptors (Lipinski definition) is 3. The fourth-order valence-electron chi connectivity index (χ4n) is 1.91. The molecule has 0 radical (unpaired) electrons. The number of aromatic nitrogens is 2. The molecule has 0 spiro atoms. The summed E-state index contributed by atoms with van der Waals surface area (Å²) in [6, 6.07) is 5.32. The van der Waals surface area contributed by atoms with Crippen molar-refractivity contribution in [3.63, 3.8) is 0 Å². The van der Waals surface area contributed by atoms with Gasteiger partial charge in [0, 0.05) is 0 Å². The maximum atomic E-state index is 8.99. The molecule has 0 fully saturated rings.